The van der Waals surface area contributed by atoms with Gasteiger partial charge in [-0.1, -0.05) is 5.16 Å². The molecule has 74 valence electrons. The predicted molar refractivity (Wildman–Crippen MR) is 47.2 cm³/mol. The highest BCUT2D eigenvalue weighted by Gasteiger charge is 2.10. The van der Waals surface area contributed by atoms with Crippen LogP contribution >= 0.6 is 0 Å². The molecule has 0 aromatic carbocycles. The molecule has 0 aliphatic carbocycles. The predicted octanol–water partition coefficient (Wildman–Crippen LogP) is 0.227. The quantitative estimate of drug-likeness (QED) is 0.727. The summed E-state index contributed by atoms with van der Waals surface area (Å²) in [6, 6.07) is 0. The molecule has 0 aliphatic rings. The second-order valence-corrected chi connectivity index (χ2v) is 3.28. The number of aliphatic hydroxyl groups is 1. The number of hydrogen-bond acceptors (Lipinski definition) is 5. The second-order valence-electron chi connectivity index (χ2n) is 3.28. The van der Waals surface area contributed by atoms with Gasteiger partial charge in [-0.2, -0.15) is 4.98 Å². The maximum Gasteiger partial charge on any atom is 0.255 e. The fraction of sp³-hybridized carbons (Fsp3) is 0.750. The van der Waals surface area contributed by atoms with Crippen molar-refractivity contribution in [1.82, 2.24) is 15.0 Å². The molecule has 5 nitrogen and oxygen atoms in total. The van der Waals surface area contributed by atoms with Crippen LogP contribution in [0.3, 0.4) is 0 Å². The van der Waals surface area contributed by atoms with Crippen LogP contribution in [0, 0.1) is 0 Å². The standard InChI is InChI=1S/C8H15N3O2/c1-6(12)8-9-7(10-13-8)4-5-11(2)3/h6,12H,4-5H2,1-3H3. The van der Waals surface area contributed by atoms with Crippen molar-refractivity contribution >= 4 is 0 Å². The number of nitrogens with zero attached hydrogens (tertiary/aromatic N) is 3. The van der Waals surface area contributed by atoms with Crippen LogP contribution in [-0.4, -0.2) is 40.8 Å². The molecule has 1 rings (SSSR count). The van der Waals surface area contributed by atoms with E-state index in [-0.39, 0.29) is 5.89 Å². The van der Waals surface area contributed by atoms with Crippen LogP contribution in [0.4, 0.5) is 0 Å². The van der Waals surface area contributed by atoms with Gasteiger partial charge < -0.3 is 14.5 Å². The summed E-state index contributed by atoms with van der Waals surface area (Å²) in [6.07, 6.45) is 0.0593. The number of rotatable bonds is 4. The largest absolute Gasteiger partial charge is 0.384 e. The van der Waals surface area contributed by atoms with Gasteiger partial charge in [0.1, 0.15) is 6.10 Å². The van der Waals surface area contributed by atoms with E-state index in [2.05, 4.69) is 10.1 Å². The molecule has 1 N–H and O–H groups in total. The molecule has 0 amide bonds. The van der Waals surface area contributed by atoms with E-state index < -0.39 is 6.10 Å². The van der Waals surface area contributed by atoms with Crippen LogP contribution in [0.2, 0.25) is 0 Å². The molecule has 13 heavy (non-hydrogen) atoms. The molecule has 0 radical (unpaired) electrons. The molecule has 0 bridgehead atoms. The maximum atomic E-state index is 9.11. The molecule has 0 saturated carbocycles. The smallest absolute Gasteiger partial charge is 0.255 e. The molecular formula is C8H15N3O2. The van der Waals surface area contributed by atoms with Crippen molar-refractivity contribution in [1.29, 1.82) is 0 Å². The SMILES string of the molecule is CC(O)c1nc(CCN(C)C)no1. The van der Waals surface area contributed by atoms with Gasteiger partial charge in [-0.15, -0.1) is 0 Å². The molecule has 0 fully saturated rings. The molecule has 1 atom stereocenters. The average Bonchev–Trinajstić information content (AvgIpc) is 2.48. The Balaban J connectivity index is 2.49. The summed E-state index contributed by atoms with van der Waals surface area (Å²) in [7, 11) is 3.96. The Morgan fingerprint density at radius 3 is 2.69 bits per heavy atom. The Labute approximate surface area is 77.4 Å². The third-order valence-electron chi connectivity index (χ3n) is 1.62. The zero-order valence-electron chi connectivity index (χ0n) is 8.19. The van der Waals surface area contributed by atoms with Crippen molar-refractivity contribution in [2.75, 3.05) is 20.6 Å². The Morgan fingerprint density at radius 1 is 1.54 bits per heavy atom. The van der Waals surface area contributed by atoms with E-state index in [4.69, 9.17) is 9.63 Å². The molecule has 0 aliphatic heterocycles. The lowest BCUT2D eigenvalue weighted by Crippen LogP contribution is -2.15. The first-order chi connectivity index (χ1) is 6.09. The van der Waals surface area contributed by atoms with Crippen LogP contribution in [0.15, 0.2) is 4.52 Å². The third kappa shape index (κ3) is 3.12. The molecule has 1 aromatic heterocycles. The van der Waals surface area contributed by atoms with Crippen molar-refractivity contribution in [3.05, 3.63) is 11.7 Å². The molecule has 5 heteroatoms. The van der Waals surface area contributed by atoms with Crippen molar-refractivity contribution in [3.63, 3.8) is 0 Å². The second kappa shape index (κ2) is 4.34. The van der Waals surface area contributed by atoms with Crippen LogP contribution in [-0.2, 0) is 6.42 Å². The Hall–Kier alpha value is -0.940. The minimum absolute atomic E-state index is 0.286. The lowest BCUT2D eigenvalue weighted by molar-refractivity contribution is 0.151. The van der Waals surface area contributed by atoms with Gasteiger partial charge in [0, 0.05) is 13.0 Å². The van der Waals surface area contributed by atoms with Crippen molar-refractivity contribution in [3.8, 4) is 0 Å². The monoisotopic (exact) mass is 185 g/mol. The van der Waals surface area contributed by atoms with Crippen LogP contribution < -0.4 is 0 Å². The van der Waals surface area contributed by atoms with Crippen molar-refractivity contribution < 1.29 is 9.63 Å². The normalized spacial score (nSPS) is 13.6. The van der Waals surface area contributed by atoms with Crippen molar-refractivity contribution in [2.24, 2.45) is 0 Å². The lowest BCUT2D eigenvalue weighted by atomic mass is 10.4. The molecular weight excluding hydrogens is 170 g/mol. The van der Waals surface area contributed by atoms with E-state index in [1.807, 2.05) is 19.0 Å². The van der Waals surface area contributed by atoms with Gasteiger partial charge in [0.25, 0.3) is 5.89 Å². The summed E-state index contributed by atoms with van der Waals surface area (Å²) in [5.41, 5.74) is 0. The molecule has 0 saturated heterocycles. The Kier molecular flexibility index (Phi) is 3.39. The van der Waals surface area contributed by atoms with Gasteiger partial charge in [-0.3, -0.25) is 0 Å². The van der Waals surface area contributed by atoms with Gasteiger partial charge in [0.05, 0.1) is 0 Å². The summed E-state index contributed by atoms with van der Waals surface area (Å²) in [6.45, 7) is 2.47. The van der Waals surface area contributed by atoms with Crippen LogP contribution in [0.25, 0.3) is 0 Å². The fourth-order valence-corrected chi connectivity index (χ4v) is 0.862. The fourth-order valence-electron chi connectivity index (χ4n) is 0.862. The third-order valence-corrected chi connectivity index (χ3v) is 1.62. The zero-order chi connectivity index (χ0) is 9.84. The lowest BCUT2D eigenvalue weighted by Gasteiger charge is -2.05. The topological polar surface area (TPSA) is 62.4 Å². The molecule has 1 unspecified atom stereocenters. The van der Waals surface area contributed by atoms with Gasteiger partial charge in [-0.05, 0) is 21.0 Å². The Morgan fingerprint density at radius 2 is 2.23 bits per heavy atom. The first kappa shape index (κ1) is 10.1. The van der Waals surface area contributed by atoms with Crippen molar-refractivity contribution in [2.45, 2.75) is 19.4 Å². The van der Waals surface area contributed by atoms with Gasteiger partial charge >= 0.3 is 0 Å². The summed E-state index contributed by atoms with van der Waals surface area (Å²) in [5, 5.41) is 12.8. The van der Waals surface area contributed by atoms with Crippen LogP contribution in [0.1, 0.15) is 24.7 Å². The van der Waals surface area contributed by atoms with Crippen LogP contribution in [0.5, 0.6) is 0 Å². The van der Waals surface area contributed by atoms with Gasteiger partial charge in [0.2, 0.25) is 0 Å². The first-order valence-electron chi connectivity index (χ1n) is 4.25. The van der Waals surface area contributed by atoms with Gasteiger partial charge in [0.15, 0.2) is 5.82 Å². The average molecular weight is 185 g/mol. The maximum absolute atomic E-state index is 9.11. The summed E-state index contributed by atoms with van der Waals surface area (Å²) in [4.78, 5) is 6.07. The highest BCUT2D eigenvalue weighted by Crippen LogP contribution is 2.08. The minimum Gasteiger partial charge on any atom is -0.384 e. The number of likely N-dealkylation sites (N-methyl/N-ethyl adjacent to an activating group) is 1. The minimum atomic E-state index is -0.680. The van der Waals surface area contributed by atoms with E-state index >= 15 is 0 Å². The van der Waals surface area contributed by atoms with E-state index in [9.17, 15) is 0 Å². The highest BCUT2D eigenvalue weighted by atomic mass is 16.5. The molecule has 1 aromatic rings. The number of hydrogen-bond donors (Lipinski definition) is 1. The van der Waals surface area contributed by atoms with E-state index in [0.717, 1.165) is 13.0 Å². The molecule has 0 spiro atoms. The highest BCUT2D eigenvalue weighted by molar-refractivity contribution is 4.88. The molecule has 1 heterocycles. The van der Waals surface area contributed by atoms with E-state index in [1.165, 1.54) is 0 Å². The van der Waals surface area contributed by atoms with E-state index in [1.54, 1.807) is 6.92 Å². The summed E-state index contributed by atoms with van der Waals surface area (Å²) in [5.74, 6) is 0.929. The number of aromatic nitrogens is 2. The first-order valence-corrected chi connectivity index (χ1v) is 4.25. The van der Waals surface area contributed by atoms with E-state index in [0.29, 0.717) is 5.82 Å². The Bertz CT molecular complexity index is 258. The summed E-state index contributed by atoms with van der Waals surface area (Å²) < 4.78 is 4.83. The summed E-state index contributed by atoms with van der Waals surface area (Å²) >= 11 is 0. The zero-order valence-corrected chi connectivity index (χ0v) is 8.19. The van der Waals surface area contributed by atoms with Gasteiger partial charge in [-0.25, -0.2) is 0 Å². The number of aliphatic hydroxyl groups excluding tert-OH is 1.